The maximum Gasteiger partial charge on any atom is 0.277 e. The van der Waals surface area contributed by atoms with Crippen molar-refractivity contribution < 1.29 is 9.18 Å². The van der Waals surface area contributed by atoms with E-state index in [4.69, 9.17) is 29.0 Å². The van der Waals surface area contributed by atoms with Crippen LogP contribution in [0.15, 0.2) is 42.5 Å². The van der Waals surface area contributed by atoms with Gasteiger partial charge in [0.05, 0.1) is 21.3 Å². The van der Waals surface area contributed by atoms with Crippen LogP contribution in [0.4, 0.5) is 10.1 Å². The Bertz CT molecular complexity index is 614. The van der Waals surface area contributed by atoms with E-state index in [9.17, 15) is 9.18 Å². The SMILES string of the molecule is NN(C(=O)c1c(F)cccc1Cl)c1ccccc1Cl. The molecule has 0 aliphatic rings. The molecule has 2 aromatic carbocycles. The van der Waals surface area contributed by atoms with Gasteiger partial charge in [0.15, 0.2) is 0 Å². The Kier molecular flexibility index (Phi) is 4.04. The predicted molar refractivity (Wildman–Crippen MR) is 73.9 cm³/mol. The molecule has 0 aromatic heterocycles. The van der Waals surface area contributed by atoms with E-state index in [1.807, 2.05) is 0 Å². The molecule has 1 amide bonds. The van der Waals surface area contributed by atoms with Gasteiger partial charge in [-0.3, -0.25) is 4.79 Å². The minimum atomic E-state index is -0.767. The van der Waals surface area contributed by atoms with E-state index >= 15 is 0 Å². The molecule has 0 heterocycles. The molecule has 0 radical (unpaired) electrons. The summed E-state index contributed by atoms with van der Waals surface area (Å²) in [6.45, 7) is 0. The zero-order valence-corrected chi connectivity index (χ0v) is 11.1. The van der Waals surface area contributed by atoms with Gasteiger partial charge < -0.3 is 0 Å². The van der Waals surface area contributed by atoms with Crippen molar-refractivity contribution in [3.05, 3.63) is 63.9 Å². The molecule has 0 spiro atoms. The number of anilines is 1. The Morgan fingerprint density at radius 1 is 1.05 bits per heavy atom. The lowest BCUT2D eigenvalue weighted by atomic mass is 10.2. The number of para-hydroxylation sites is 1. The van der Waals surface area contributed by atoms with E-state index in [1.54, 1.807) is 24.3 Å². The third kappa shape index (κ3) is 2.71. The number of halogens is 3. The maximum atomic E-state index is 13.7. The molecule has 2 N–H and O–H groups in total. The van der Waals surface area contributed by atoms with Crippen LogP contribution >= 0.6 is 23.2 Å². The van der Waals surface area contributed by atoms with Gasteiger partial charge in [0.2, 0.25) is 0 Å². The van der Waals surface area contributed by atoms with Gasteiger partial charge in [-0.1, -0.05) is 41.4 Å². The molecule has 0 aliphatic heterocycles. The van der Waals surface area contributed by atoms with Gasteiger partial charge in [-0.25, -0.2) is 15.2 Å². The molecule has 0 unspecified atom stereocenters. The number of hydrogen-bond acceptors (Lipinski definition) is 2. The minimum absolute atomic E-state index is 0.00694. The standard InChI is InChI=1S/C13H9Cl2FN2O/c14-8-4-1-2-7-11(8)18(17)13(19)12-9(15)5-3-6-10(12)16/h1-7H,17H2. The second-order valence-electron chi connectivity index (χ2n) is 3.72. The number of benzene rings is 2. The number of nitrogens with zero attached hydrogens (tertiary/aromatic N) is 1. The number of hydrazine groups is 1. The summed E-state index contributed by atoms with van der Waals surface area (Å²) >= 11 is 11.7. The lowest BCUT2D eigenvalue weighted by Crippen LogP contribution is -2.38. The Balaban J connectivity index is 2.43. The minimum Gasteiger partial charge on any atom is -0.267 e. The fraction of sp³-hybridized carbons (Fsp3) is 0. The fourth-order valence-corrected chi connectivity index (χ4v) is 2.05. The molecule has 6 heteroatoms. The molecule has 0 saturated carbocycles. The van der Waals surface area contributed by atoms with Crippen molar-refractivity contribution >= 4 is 34.8 Å². The van der Waals surface area contributed by atoms with Crippen LogP contribution in [0.3, 0.4) is 0 Å². The number of carbonyl (C=O) groups is 1. The molecule has 2 rings (SSSR count). The molecule has 0 aliphatic carbocycles. The Morgan fingerprint density at radius 3 is 2.32 bits per heavy atom. The molecule has 2 aromatic rings. The molecule has 0 atom stereocenters. The van der Waals surface area contributed by atoms with E-state index in [-0.39, 0.29) is 21.3 Å². The van der Waals surface area contributed by atoms with Crippen molar-refractivity contribution in [3.63, 3.8) is 0 Å². The van der Waals surface area contributed by atoms with Crippen LogP contribution in [0.2, 0.25) is 10.0 Å². The van der Waals surface area contributed by atoms with E-state index in [2.05, 4.69) is 0 Å². The second-order valence-corrected chi connectivity index (χ2v) is 4.54. The first-order valence-electron chi connectivity index (χ1n) is 5.30. The molecule has 0 saturated heterocycles. The van der Waals surface area contributed by atoms with Crippen LogP contribution in [-0.4, -0.2) is 5.91 Å². The van der Waals surface area contributed by atoms with E-state index in [0.717, 1.165) is 11.1 Å². The molecule has 3 nitrogen and oxygen atoms in total. The Morgan fingerprint density at radius 2 is 1.68 bits per heavy atom. The first-order chi connectivity index (χ1) is 9.02. The monoisotopic (exact) mass is 298 g/mol. The molecule has 19 heavy (non-hydrogen) atoms. The summed E-state index contributed by atoms with van der Waals surface area (Å²) in [5.41, 5.74) is -0.0138. The van der Waals surface area contributed by atoms with Gasteiger partial charge in [0.25, 0.3) is 5.91 Å². The average molecular weight is 299 g/mol. The third-order valence-electron chi connectivity index (χ3n) is 2.51. The summed E-state index contributed by atoms with van der Waals surface area (Å²) < 4.78 is 13.7. The predicted octanol–water partition coefficient (Wildman–Crippen LogP) is 3.65. The highest BCUT2D eigenvalue weighted by atomic mass is 35.5. The summed E-state index contributed by atoms with van der Waals surface area (Å²) in [5.74, 6) is 4.18. The summed E-state index contributed by atoms with van der Waals surface area (Å²) in [4.78, 5) is 12.2. The zero-order valence-electron chi connectivity index (χ0n) is 9.61. The highest BCUT2D eigenvalue weighted by Gasteiger charge is 2.22. The highest BCUT2D eigenvalue weighted by molar-refractivity contribution is 6.36. The molecule has 98 valence electrons. The average Bonchev–Trinajstić information content (AvgIpc) is 2.38. The number of hydrogen-bond donors (Lipinski definition) is 1. The lowest BCUT2D eigenvalue weighted by molar-refractivity contribution is 0.0983. The molecular weight excluding hydrogens is 290 g/mol. The van der Waals surface area contributed by atoms with Crippen LogP contribution in [0.5, 0.6) is 0 Å². The van der Waals surface area contributed by atoms with Crippen LogP contribution < -0.4 is 10.9 Å². The Hall–Kier alpha value is -1.62. The Labute approximate surface area is 119 Å². The smallest absolute Gasteiger partial charge is 0.267 e. The lowest BCUT2D eigenvalue weighted by Gasteiger charge is -2.18. The summed E-state index contributed by atoms with van der Waals surface area (Å²) in [7, 11) is 0. The van der Waals surface area contributed by atoms with Crippen molar-refractivity contribution in [2.45, 2.75) is 0 Å². The van der Waals surface area contributed by atoms with Crippen molar-refractivity contribution in [1.82, 2.24) is 0 Å². The highest BCUT2D eigenvalue weighted by Crippen LogP contribution is 2.27. The van der Waals surface area contributed by atoms with Crippen molar-refractivity contribution in [3.8, 4) is 0 Å². The maximum absolute atomic E-state index is 13.7. The van der Waals surface area contributed by atoms with Crippen LogP contribution in [-0.2, 0) is 0 Å². The largest absolute Gasteiger partial charge is 0.277 e. The first kappa shape index (κ1) is 13.8. The van der Waals surface area contributed by atoms with Crippen LogP contribution in [0.25, 0.3) is 0 Å². The van der Waals surface area contributed by atoms with Gasteiger partial charge in [-0.2, -0.15) is 0 Å². The summed E-state index contributed by atoms with van der Waals surface area (Å²) in [5, 5.41) is 1.05. The number of amides is 1. The van der Waals surface area contributed by atoms with Crippen LogP contribution in [0, 0.1) is 5.82 Å². The number of nitrogens with two attached hydrogens (primary N) is 1. The fourth-order valence-electron chi connectivity index (χ4n) is 1.58. The number of carbonyl (C=O) groups excluding carboxylic acids is 1. The van der Waals surface area contributed by atoms with Gasteiger partial charge in [0.1, 0.15) is 5.82 Å². The first-order valence-corrected chi connectivity index (χ1v) is 6.05. The quantitative estimate of drug-likeness (QED) is 0.522. The number of rotatable bonds is 2. The zero-order chi connectivity index (χ0) is 14.0. The molecule has 0 bridgehead atoms. The van der Waals surface area contributed by atoms with Gasteiger partial charge in [-0.15, -0.1) is 0 Å². The van der Waals surface area contributed by atoms with E-state index in [0.29, 0.717) is 0 Å². The topological polar surface area (TPSA) is 46.3 Å². The summed E-state index contributed by atoms with van der Waals surface area (Å²) in [6, 6.07) is 10.4. The van der Waals surface area contributed by atoms with Gasteiger partial charge in [0, 0.05) is 0 Å². The van der Waals surface area contributed by atoms with Gasteiger partial charge in [-0.05, 0) is 24.3 Å². The normalized spacial score (nSPS) is 10.3. The second kappa shape index (κ2) is 5.57. The molecule has 0 fully saturated rings. The van der Waals surface area contributed by atoms with Crippen molar-refractivity contribution in [2.75, 3.05) is 5.01 Å². The van der Waals surface area contributed by atoms with Crippen molar-refractivity contribution in [1.29, 1.82) is 0 Å². The van der Waals surface area contributed by atoms with E-state index in [1.165, 1.54) is 12.1 Å². The summed E-state index contributed by atoms with van der Waals surface area (Å²) in [6.07, 6.45) is 0. The van der Waals surface area contributed by atoms with Crippen molar-refractivity contribution in [2.24, 2.45) is 5.84 Å². The van der Waals surface area contributed by atoms with Crippen LogP contribution in [0.1, 0.15) is 10.4 Å². The molecular formula is C13H9Cl2FN2O. The van der Waals surface area contributed by atoms with Gasteiger partial charge >= 0.3 is 0 Å². The third-order valence-corrected chi connectivity index (χ3v) is 3.14. The van der Waals surface area contributed by atoms with E-state index < -0.39 is 11.7 Å².